The number of phenolic OH excluding ortho intramolecular Hbond substituents is 1. The lowest BCUT2D eigenvalue weighted by Crippen LogP contribution is -2.15. The lowest BCUT2D eigenvalue weighted by molar-refractivity contribution is 0.275. The maximum atomic E-state index is 9.84. The van der Waals surface area contributed by atoms with Crippen LogP contribution in [0.15, 0.2) is 42.5 Å². The second-order valence-corrected chi connectivity index (χ2v) is 4.51. The molecular weight excluding hydrogens is 270 g/mol. The molecule has 0 heterocycles. The highest BCUT2D eigenvalue weighted by molar-refractivity contribution is 5.58. The van der Waals surface area contributed by atoms with E-state index >= 15 is 0 Å². The zero-order chi connectivity index (χ0) is 15.2. The highest BCUT2D eigenvalue weighted by Gasteiger charge is 2.14. The van der Waals surface area contributed by atoms with Crippen molar-refractivity contribution >= 4 is 5.69 Å². The van der Waals surface area contributed by atoms with Gasteiger partial charge in [0.1, 0.15) is 5.75 Å². The van der Waals surface area contributed by atoms with Crippen molar-refractivity contribution in [3.05, 3.63) is 48.0 Å². The number of benzene rings is 2. The minimum Gasteiger partial charge on any atom is -0.504 e. The van der Waals surface area contributed by atoms with E-state index in [9.17, 15) is 10.2 Å². The van der Waals surface area contributed by atoms with Gasteiger partial charge in [-0.3, -0.25) is 0 Å². The van der Waals surface area contributed by atoms with Crippen molar-refractivity contribution < 1.29 is 19.7 Å². The number of hydrogen-bond acceptors (Lipinski definition) is 5. The number of ether oxygens (including phenoxy) is 2. The van der Waals surface area contributed by atoms with E-state index in [2.05, 4.69) is 5.32 Å². The molecule has 0 aromatic heterocycles. The molecule has 0 bridgehead atoms. The Morgan fingerprint density at radius 1 is 1.05 bits per heavy atom. The number of rotatable bonds is 6. The fourth-order valence-corrected chi connectivity index (χ4v) is 2.11. The first-order valence-electron chi connectivity index (χ1n) is 6.57. The number of phenols is 1. The van der Waals surface area contributed by atoms with Gasteiger partial charge < -0.3 is 25.0 Å². The van der Waals surface area contributed by atoms with Gasteiger partial charge in [0.15, 0.2) is 11.5 Å². The molecule has 2 aromatic carbocycles. The van der Waals surface area contributed by atoms with Crippen LogP contribution >= 0.6 is 0 Å². The standard InChI is InChI=1S/C16H19NO4/c1-20-15-6-4-3-5-12(15)17-13(10-18)11-7-8-16(21-2)14(19)9-11/h3-9,13,17-19H,10H2,1-2H3. The van der Waals surface area contributed by atoms with E-state index in [1.165, 1.54) is 7.11 Å². The highest BCUT2D eigenvalue weighted by atomic mass is 16.5. The second kappa shape index (κ2) is 6.85. The molecule has 0 spiro atoms. The molecule has 2 rings (SSSR count). The van der Waals surface area contributed by atoms with Crippen molar-refractivity contribution in [3.8, 4) is 17.2 Å². The van der Waals surface area contributed by atoms with E-state index in [4.69, 9.17) is 9.47 Å². The molecule has 0 aliphatic heterocycles. The Labute approximate surface area is 123 Å². The fraction of sp³-hybridized carbons (Fsp3) is 0.250. The summed E-state index contributed by atoms with van der Waals surface area (Å²) in [5.41, 5.74) is 1.52. The summed E-state index contributed by atoms with van der Waals surface area (Å²) >= 11 is 0. The van der Waals surface area contributed by atoms with Gasteiger partial charge >= 0.3 is 0 Å². The van der Waals surface area contributed by atoms with Crippen LogP contribution in [0.5, 0.6) is 17.2 Å². The molecule has 1 unspecified atom stereocenters. The summed E-state index contributed by atoms with van der Waals surface area (Å²) in [4.78, 5) is 0. The summed E-state index contributed by atoms with van der Waals surface area (Å²) < 4.78 is 10.3. The third-order valence-corrected chi connectivity index (χ3v) is 3.22. The Bertz CT molecular complexity index is 601. The summed E-state index contributed by atoms with van der Waals surface area (Å²) in [5.74, 6) is 1.12. The fourth-order valence-electron chi connectivity index (χ4n) is 2.11. The molecule has 2 aromatic rings. The zero-order valence-electron chi connectivity index (χ0n) is 12.0. The molecule has 0 aliphatic rings. The molecule has 0 saturated carbocycles. The quantitative estimate of drug-likeness (QED) is 0.762. The van der Waals surface area contributed by atoms with Crippen LogP contribution in [0.1, 0.15) is 11.6 Å². The van der Waals surface area contributed by atoms with Crippen LogP contribution in [0.3, 0.4) is 0 Å². The molecule has 0 radical (unpaired) electrons. The first-order valence-corrected chi connectivity index (χ1v) is 6.57. The van der Waals surface area contributed by atoms with Crippen molar-refractivity contribution in [1.29, 1.82) is 0 Å². The minimum atomic E-state index is -0.363. The van der Waals surface area contributed by atoms with Crippen molar-refractivity contribution in [1.82, 2.24) is 0 Å². The van der Waals surface area contributed by atoms with E-state index in [1.807, 2.05) is 24.3 Å². The molecule has 5 nitrogen and oxygen atoms in total. The van der Waals surface area contributed by atoms with Gasteiger partial charge in [-0.15, -0.1) is 0 Å². The van der Waals surface area contributed by atoms with Crippen LogP contribution in [0.4, 0.5) is 5.69 Å². The lowest BCUT2D eigenvalue weighted by Gasteiger charge is -2.20. The van der Waals surface area contributed by atoms with E-state index in [-0.39, 0.29) is 18.4 Å². The first-order chi connectivity index (χ1) is 10.2. The normalized spacial score (nSPS) is 11.8. The number of hydrogen-bond donors (Lipinski definition) is 3. The Hall–Kier alpha value is -2.40. The topological polar surface area (TPSA) is 71.0 Å². The number of para-hydroxylation sites is 2. The summed E-state index contributed by atoms with van der Waals surface area (Å²) in [6.45, 7) is -0.121. The molecule has 0 aliphatic carbocycles. The number of aliphatic hydroxyl groups is 1. The molecule has 5 heteroatoms. The van der Waals surface area contributed by atoms with Gasteiger partial charge in [0.25, 0.3) is 0 Å². The molecule has 0 amide bonds. The first kappa shape index (κ1) is 15.0. The number of nitrogens with one attached hydrogen (secondary N) is 1. The predicted octanol–water partition coefficient (Wildman–Crippen LogP) is 2.55. The molecule has 21 heavy (non-hydrogen) atoms. The highest BCUT2D eigenvalue weighted by Crippen LogP contribution is 2.32. The van der Waals surface area contributed by atoms with Crippen LogP contribution in [0, 0.1) is 0 Å². The zero-order valence-corrected chi connectivity index (χ0v) is 12.0. The Kier molecular flexibility index (Phi) is 4.90. The number of aromatic hydroxyl groups is 1. The van der Waals surface area contributed by atoms with Gasteiger partial charge in [0, 0.05) is 0 Å². The Balaban J connectivity index is 2.25. The SMILES string of the molecule is COc1ccc(C(CO)Nc2ccccc2OC)cc1O. The Morgan fingerprint density at radius 3 is 2.38 bits per heavy atom. The van der Waals surface area contributed by atoms with Gasteiger partial charge in [-0.2, -0.15) is 0 Å². The van der Waals surface area contributed by atoms with Gasteiger partial charge in [-0.25, -0.2) is 0 Å². The van der Waals surface area contributed by atoms with Gasteiger partial charge in [-0.1, -0.05) is 18.2 Å². The van der Waals surface area contributed by atoms with Crippen LogP contribution < -0.4 is 14.8 Å². The van der Waals surface area contributed by atoms with Crippen LogP contribution in [-0.4, -0.2) is 31.0 Å². The molecule has 1 atom stereocenters. The third-order valence-electron chi connectivity index (χ3n) is 3.22. The van der Waals surface area contributed by atoms with Crippen molar-refractivity contribution in [2.45, 2.75) is 6.04 Å². The van der Waals surface area contributed by atoms with Crippen LogP contribution in [0.25, 0.3) is 0 Å². The van der Waals surface area contributed by atoms with Crippen LogP contribution in [0.2, 0.25) is 0 Å². The summed E-state index contributed by atoms with van der Waals surface area (Å²) in [6.07, 6.45) is 0. The average Bonchev–Trinajstić information content (AvgIpc) is 2.52. The lowest BCUT2D eigenvalue weighted by atomic mass is 10.1. The minimum absolute atomic E-state index is 0.0373. The van der Waals surface area contributed by atoms with Gasteiger partial charge in [-0.05, 0) is 29.8 Å². The summed E-state index contributed by atoms with van der Waals surface area (Å²) in [7, 11) is 3.08. The number of aliphatic hydroxyl groups excluding tert-OH is 1. The van der Waals surface area contributed by atoms with E-state index in [1.54, 1.807) is 25.3 Å². The molecule has 3 N–H and O–H groups in total. The number of methoxy groups -OCH3 is 2. The molecular formula is C16H19NO4. The van der Waals surface area contributed by atoms with E-state index in [0.717, 1.165) is 11.3 Å². The van der Waals surface area contributed by atoms with Gasteiger partial charge in [0.2, 0.25) is 0 Å². The maximum Gasteiger partial charge on any atom is 0.160 e. The van der Waals surface area contributed by atoms with E-state index in [0.29, 0.717) is 11.5 Å². The van der Waals surface area contributed by atoms with Crippen molar-refractivity contribution in [3.63, 3.8) is 0 Å². The van der Waals surface area contributed by atoms with Crippen LogP contribution in [-0.2, 0) is 0 Å². The maximum absolute atomic E-state index is 9.84. The largest absolute Gasteiger partial charge is 0.504 e. The van der Waals surface area contributed by atoms with Gasteiger partial charge in [0.05, 0.1) is 32.6 Å². The average molecular weight is 289 g/mol. The molecule has 112 valence electrons. The monoisotopic (exact) mass is 289 g/mol. The number of anilines is 1. The third kappa shape index (κ3) is 3.38. The van der Waals surface area contributed by atoms with Crippen molar-refractivity contribution in [2.24, 2.45) is 0 Å². The second-order valence-electron chi connectivity index (χ2n) is 4.51. The predicted molar refractivity (Wildman–Crippen MR) is 81.1 cm³/mol. The van der Waals surface area contributed by atoms with E-state index < -0.39 is 0 Å². The molecule has 0 fully saturated rings. The smallest absolute Gasteiger partial charge is 0.160 e. The molecule has 0 saturated heterocycles. The summed E-state index contributed by atoms with van der Waals surface area (Å²) in [6, 6.07) is 12.1. The summed E-state index contributed by atoms with van der Waals surface area (Å²) in [5, 5.41) is 22.7. The van der Waals surface area contributed by atoms with Crippen molar-refractivity contribution in [2.75, 3.05) is 26.1 Å². The Morgan fingerprint density at radius 2 is 1.76 bits per heavy atom.